The first kappa shape index (κ1) is 41.2. The minimum Gasteiger partial charge on any atom is -0.309 e. The SMILES string of the molecule is CCC(C)c1ccc2c(c1)[Si](c1ccccc1)(c1ccccc1)c1cc(C)c(CC(CC)c3ccc4c(c3)[Si](C)(C)c3cc(C)cc5c6cc(C)ccc6n-4c35)c3c4cc(C)ccc4n-2c13. The first-order chi connectivity index (χ1) is 31.9. The molecule has 0 radical (unpaired) electrons. The third-order valence-corrected chi connectivity index (χ3v) is 24.6. The van der Waals surface area contributed by atoms with E-state index in [1.807, 2.05) is 0 Å². The Morgan fingerprint density at radius 3 is 1.71 bits per heavy atom. The molecule has 2 atom stereocenters. The van der Waals surface area contributed by atoms with Crippen LogP contribution in [0.15, 0.2) is 152 Å². The number of hydrogen-bond acceptors (Lipinski definition) is 0. The average Bonchev–Trinajstić information content (AvgIpc) is 3.83. The van der Waals surface area contributed by atoms with Gasteiger partial charge in [0.25, 0.3) is 0 Å². The van der Waals surface area contributed by atoms with Crippen molar-refractivity contribution in [2.24, 2.45) is 0 Å². The molecular weight excluding hydrogens is 829 g/mol. The van der Waals surface area contributed by atoms with Gasteiger partial charge in [-0.2, -0.15) is 0 Å². The van der Waals surface area contributed by atoms with Crippen LogP contribution in [0.4, 0.5) is 0 Å². The van der Waals surface area contributed by atoms with Gasteiger partial charge < -0.3 is 9.13 Å². The molecular formula is C62H60N2Si2. The second kappa shape index (κ2) is 14.9. The van der Waals surface area contributed by atoms with Gasteiger partial charge >= 0.3 is 0 Å². The van der Waals surface area contributed by atoms with E-state index in [0.717, 1.165) is 19.3 Å². The standard InChI is InChI=1S/C62H60N2Si2/c1-10-41(6)44-24-28-55-57(36-44)66(46-18-14-12-15-19-46,47-20-16-13-17-21-47)59-34-42(7)48(60-51-31-39(4)23-27-53(51)64(55)62(59)60)35-43(11-2)45-25-29-54-56(37-45)65(8,9)58-33-40(5)32-50-49-30-38(3)22-26-52(49)63(54)61(50)58/h12-34,36-37,41,43H,10-11,35H2,1-9H3. The van der Waals surface area contributed by atoms with E-state index in [-0.39, 0.29) is 0 Å². The summed E-state index contributed by atoms with van der Waals surface area (Å²) in [4.78, 5) is 0. The number of aryl methyl sites for hydroxylation is 4. The van der Waals surface area contributed by atoms with Crippen LogP contribution in [0.25, 0.3) is 55.0 Å². The first-order valence-electron chi connectivity index (χ1n) is 24.5. The van der Waals surface area contributed by atoms with Crippen LogP contribution < -0.4 is 31.1 Å². The second-order valence-corrected chi connectivity index (χ2v) is 28.7. The summed E-state index contributed by atoms with van der Waals surface area (Å²) in [7, 11) is -4.96. The van der Waals surface area contributed by atoms with Gasteiger partial charge in [-0.05, 0) is 155 Å². The van der Waals surface area contributed by atoms with Crippen LogP contribution in [0.2, 0.25) is 13.1 Å². The minimum atomic E-state index is -2.86. The van der Waals surface area contributed by atoms with Gasteiger partial charge in [0.15, 0.2) is 8.07 Å². The summed E-state index contributed by atoms with van der Waals surface area (Å²) in [5.41, 5.74) is 18.0. The molecule has 2 aromatic heterocycles. The first-order valence-corrected chi connectivity index (χ1v) is 29.5. The maximum atomic E-state index is 2.69. The molecule has 8 aromatic carbocycles. The van der Waals surface area contributed by atoms with Crippen molar-refractivity contribution in [3.63, 3.8) is 0 Å². The Kier molecular flexibility index (Phi) is 9.31. The molecule has 0 saturated heterocycles. The van der Waals surface area contributed by atoms with E-state index in [0.29, 0.717) is 11.8 Å². The zero-order valence-corrected chi connectivity index (χ0v) is 42.1. The van der Waals surface area contributed by atoms with Crippen molar-refractivity contribution in [3.05, 3.63) is 191 Å². The zero-order chi connectivity index (χ0) is 45.4. The number of rotatable bonds is 8. The molecule has 4 heterocycles. The molecule has 66 heavy (non-hydrogen) atoms. The van der Waals surface area contributed by atoms with E-state index in [1.54, 1.807) is 10.4 Å². The summed E-state index contributed by atoms with van der Waals surface area (Å²) in [6, 6.07) is 60.3. The van der Waals surface area contributed by atoms with Gasteiger partial charge in [-0.3, -0.25) is 0 Å². The fourth-order valence-corrected chi connectivity index (χ4v) is 21.1. The van der Waals surface area contributed by atoms with Gasteiger partial charge in [0.1, 0.15) is 8.07 Å². The van der Waals surface area contributed by atoms with E-state index < -0.39 is 16.1 Å². The van der Waals surface area contributed by atoms with Crippen LogP contribution in [0.1, 0.15) is 84.4 Å². The fraction of sp³-hybridized carbons (Fsp3) is 0.226. The highest BCUT2D eigenvalue weighted by Gasteiger charge is 2.49. The molecule has 0 spiro atoms. The third kappa shape index (κ3) is 5.64. The van der Waals surface area contributed by atoms with E-state index in [9.17, 15) is 0 Å². The summed E-state index contributed by atoms with van der Waals surface area (Å²) >= 11 is 0. The van der Waals surface area contributed by atoms with Gasteiger partial charge in [0, 0.05) is 32.9 Å². The molecule has 2 aliphatic heterocycles. The maximum Gasteiger partial charge on any atom is 0.184 e. The molecule has 0 saturated carbocycles. The van der Waals surface area contributed by atoms with Gasteiger partial charge in [-0.25, -0.2) is 0 Å². The van der Waals surface area contributed by atoms with Crippen LogP contribution in [0.3, 0.4) is 0 Å². The molecule has 0 fully saturated rings. The van der Waals surface area contributed by atoms with Crippen molar-refractivity contribution < 1.29 is 0 Å². The highest BCUT2D eigenvalue weighted by atomic mass is 28.3. The predicted octanol–water partition coefficient (Wildman–Crippen LogP) is 12.2. The van der Waals surface area contributed by atoms with Crippen molar-refractivity contribution >= 4 is 90.9 Å². The van der Waals surface area contributed by atoms with Gasteiger partial charge in [-0.15, -0.1) is 0 Å². The number of nitrogens with zero attached hydrogens (tertiary/aromatic N) is 2. The lowest BCUT2D eigenvalue weighted by molar-refractivity contribution is 0.661. The zero-order valence-electron chi connectivity index (χ0n) is 40.1. The summed E-state index contributed by atoms with van der Waals surface area (Å²) in [6.45, 7) is 21.6. The molecule has 0 N–H and O–H groups in total. The molecule has 12 rings (SSSR count). The lowest BCUT2D eigenvalue weighted by atomic mass is 9.86. The lowest BCUT2D eigenvalue weighted by Crippen LogP contribution is -2.76. The fourth-order valence-electron chi connectivity index (χ4n) is 12.8. The highest BCUT2D eigenvalue weighted by Crippen LogP contribution is 2.42. The monoisotopic (exact) mass is 888 g/mol. The summed E-state index contributed by atoms with van der Waals surface area (Å²) in [5.74, 6) is 0.829. The van der Waals surface area contributed by atoms with E-state index in [2.05, 4.69) is 222 Å². The Morgan fingerprint density at radius 2 is 1.06 bits per heavy atom. The van der Waals surface area contributed by atoms with Crippen molar-refractivity contribution in [2.45, 2.75) is 92.7 Å². The maximum absolute atomic E-state index is 2.86. The largest absolute Gasteiger partial charge is 0.309 e. The molecule has 0 bridgehead atoms. The van der Waals surface area contributed by atoms with E-state index in [1.165, 1.54) is 115 Å². The van der Waals surface area contributed by atoms with Crippen LogP contribution in [0.5, 0.6) is 0 Å². The van der Waals surface area contributed by atoms with Crippen LogP contribution in [-0.4, -0.2) is 25.3 Å². The number of aromatic nitrogens is 2. The Labute approximate surface area is 392 Å². The van der Waals surface area contributed by atoms with Gasteiger partial charge in [0.05, 0.1) is 22.1 Å². The molecule has 326 valence electrons. The van der Waals surface area contributed by atoms with Crippen LogP contribution >= 0.6 is 0 Å². The van der Waals surface area contributed by atoms with Crippen LogP contribution in [-0.2, 0) is 6.42 Å². The molecule has 4 heteroatoms. The molecule has 10 aromatic rings. The van der Waals surface area contributed by atoms with Crippen molar-refractivity contribution in [1.82, 2.24) is 9.13 Å². The summed E-state index contributed by atoms with van der Waals surface area (Å²) in [5, 5.41) is 14.7. The Morgan fingerprint density at radius 1 is 0.485 bits per heavy atom. The smallest absolute Gasteiger partial charge is 0.184 e. The molecule has 2 unspecified atom stereocenters. The summed E-state index contributed by atoms with van der Waals surface area (Å²) < 4.78 is 5.30. The topological polar surface area (TPSA) is 9.86 Å². The molecule has 0 amide bonds. The minimum absolute atomic E-state index is 0.359. The van der Waals surface area contributed by atoms with Crippen molar-refractivity contribution in [1.29, 1.82) is 0 Å². The number of fused-ring (bicyclic) bond motifs is 10. The Bertz CT molecular complexity index is 3590. The lowest BCUT2D eigenvalue weighted by Gasteiger charge is -2.41. The number of hydrogen-bond donors (Lipinski definition) is 0. The van der Waals surface area contributed by atoms with E-state index >= 15 is 0 Å². The Hall–Kier alpha value is -6.21. The molecule has 2 nitrogen and oxygen atoms in total. The average molecular weight is 889 g/mol. The van der Waals surface area contributed by atoms with Gasteiger partial charge in [-0.1, -0.05) is 160 Å². The number of benzene rings is 8. The van der Waals surface area contributed by atoms with Crippen molar-refractivity contribution in [2.75, 3.05) is 0 Å². The third-order valence-electron chi connectivity index (χ3n) is 16.4. The van der Waals surface area contributed by atoms with Crippen molar-refractivity contribution in [3.8, 4) is 11.4 Å². The molecule has 0 aliphatic carbocycles. The molecule has 2 aliphatic rings. The quantitative estimate of drug-likeness (QED) is 0.135. The predicted molar refractivity (Wildman–Crippen MR) is 290 cm³/mol. The van der Waals surface area contributed by atoms with E-state index in [4.69, 9.17) is 0 Å². The second-order valence-electron chi connectivity index (χ2n) is 20.6. The normalized spacial score (nSPS) is 15.3. The highest BCUT2D eigenvalue weighted by molar-refractivity contribution is 7.21. The summed E-state index contributed by atoms with van der Waals surface area (Å²) in [6.07, 6.45) is 3.17. The van der Waals surface area contributed by atoms with Gasteiger partial charge in [0.2, 0.25) is 0 Å². The Balaban J connectivity index is 1.11. The van der Waals surface area contributed by atoms with Crippen LogP contribution in [0, 0.1) is 27.7 Å².